The SMILES string of the molecule is CC(C)(c1cccc(N2CN(c3ccccc3)c3ccccc32)c1)c1ccc2c(n1)c1ccccc1c1nc3ccccc3n21. The van der Waals surface area contributed by atoms with E-state index >= 15 is 0 Å². The summed E-state index contributed by atoms with van der Waals surface area (Å²) in [7, 11) is 0. The molecule has 0 atom stereocenters. The van der Waals surface area contributed by atoms with Gasteiger partial charge in [0.2, 0.25) is 0 Å². The number of para-hydroxylation sites is 5. The molecule has 5 aromatic carbocycles. The predicted octanol–water partition coefficient (Wildman–Crippen LogP) is 9.76. The van der Waals surface area contributed by atoms with E-state index in [0.29, 0.717) is 0 Å². The maximum atomic E-state index is 5.43. The van der Waals surface area contributed by atoms with Crippen LogP contribution in [0.2, 0.25) is 0 Å². The average Bonchev–Trinajstić information content (AvgIpc) is 3.69. The lowest BCUT2D eigenvalue weighted by Gasteiger charge is -2.28. The van der Waals surface area contributed by atoms with Crippen molar-refractivity contribution in [2.24, 2.45) is 0 Å². The Morgan fingerprint density at radius 3 is 2.04 bits per heavy atom. The number of imidazole rings is 1. The van der Waals surface area contributed by atoms with Crippen LogP contribution in [0.4, 0.5) is 22.7 Å². The number of fused-ring (bicyclic) bond motifs is 9. The van der Waals surface area contributed by atoms with Gasteiger partial charge in [-0.1, -0.05) is 92.7 Å². The first-order valence-electron chi connectivity index (χ1n) is 15.5. The normalized spacial score (nSPS) is 13.4. The highest BCUT2D eigenvalue weighted by molar-refractivity contribution is 6.12. The minimum absolute atomic E-state index is 0.338. The molecule has 45 heavy (non-hydrogen) atoms. The molecule has 0 spiro atoms. The molecule has 0 fully saturated rings. The molecule has 0 aliphatic carbocycles. The summed E-state index contributed by atoms with van der Waals surface area (Å²) in [6.45, 7) is 5.31. The Morgan fingerprint density at radius 1 is 0.556 bits per heavy atom. The Bertz CT molecular complexity index is 2410. The molecular formula is C40H31N5. The van der Waals surface area contributed by atoms with E-state index in [9.17, 15) is 0 Å². The summed E-state index contributed by atoms with van der Waals surface area (Å²) in [5.41, 5.74) is 11.8. The van der Waals surface area contributed by atoms with Crippen molar-refractivity contribution < 1.29 is 0 Å². The highest BCUT2D eigenvalue weighted by Gasteiger charge is 2.30. The molecule has 4 heterocycles. The number of rotatable bonds is 4. The van der Waals surface area contributed by atoms with Crippen molar-refractivity contribution in [2.45, 2.75) is 19.3 Å². The molecular weight excluding hydrogens is 550 g/mol. The summed E-state index contributed by atoms with van der Waals surface area (Å²) in [5, 5.41) is 2.23. The van der Waals surface area contributed by atoms with Crippen molar-refractivity contribution >= 4 is 61.2 Å². The van der Waals surface area contributed by atoms with E-state index in [1.807, 2.05) is 6.07 Å². The van der Waals surface area contributed by atoms with E-state index in [4.69, 9.17) is 9.97 Å². The van der Waals surface area contributed by atoms with Gasteiger partial charge >= 0.3 is 0 Å². The van der Waals surface area contributed by atoms with Crippen LogP contribution in [0.25, 0.3) is 38.5 Å². The van der Waals surface area contributed by atoms with Gasteiger partial charge in [-0.25, -0.2) is 9.97 Å². The minimum atomic E-state index is -0.338. The van der Waals surface area contributed by atoms with Crippen LogP contribution in [0, 0.1) is 0 Å². The standard InChI is InChI=1S/C40H31N5/c1-40(2,27-13-12-16-29(25-27)44-26-43(28-14-4-3-5-15-28)34-21-10-11-22-35(34)44)37-24-23-36-38(42-37)30-17-6-7-18-31(30)39-41-32-19-8-9-20-33(32)45(36)39/h3-25H,26H2,1-2H3. The monoisotopic (exact) mass is 581 g/mol. The van der Waals surface area contributed by atoms with Gasteiger partial charge in [0.05, 0.1) is 39.1 Å². The van der Waals surface area contributed by atoms with Crippen molar-refractivity contribution in [3.05, 3.63) is 151 Å². The van der Waals surface area contributed by atoms with E-state index < -0.39 is 0 Å². The molecule has 0 unspecified atom stereocenters. The van der Waals surface area contributed by atoms with E-state index in [2.05, 4.69) is 162 Å². The second-order valence-corrected chi connectivity index (χ2v) is 12.4. The van der Waals surface area contributed by atoms with Crippen LogP contribution in [0.1, 0.15) is 25.1 Å². The van der Waals surface area contributed by atoms with Gasteiger partial charge in [-0.05, 0) is 66.2 Å². The number of hydrogen-bond acceptors (Lipinski definition) is 4. The fourth-order valence-electron chi connectivity index (χ4n) is 6.99. The third kappa shape index (κ3) is 3.87. The Morgan fingerprint density at radius 2 is 1.22 bits per heavy atom. The second kappa shape index (κ2) is 9.66. The lowest BCUT2D eigenvalue weighted by atomic mass is 9.80. The van der Waals surface area contributed by atoms with Gasteiger partial charge in [0.1, 0.15) is 12.3 Å². The van der Waals surface area contributed by atoms with Crippen LogP contribution < -0.4 is 9.80 Å². The first-order chi connectivity index (χ1) is 22.1. The molecule has 0 saturated carbocycles. The summed E-state index contributed by atoms with van der Waals surface area (Å²) in [6.07, 6.45) is 0. The molecule has 3 aromatic heterocycles. The molecule has 0 amide bonds. The molecule has 5 heteroatoms. The van der Waals surface area contributed by atoms with Crippen molar-refractivity contribution in [2.75, 3.05) is 16.5 Å². The van der Waals surface area contributed by atoms with Gasteiger partial charge in [-0.15, -0.1) is 0 Å². The van der Waals surface area contributed by atoms with Gasteiger partial charge in [0, 0.05) is 27.6 Å². The summed E-state index contributed by atoms with van der Waals surface area (Å²) in [6, 6.07) is 49.5. The first-order valence-corrected chi connectivity index (χ1v) is 15.5. The largest absolute Gasteiger partial charge is 0.321 e. The van der Waals surface area contributed by atoms with Crippen LogP contribution in [0.3, 0.4) is 0 Å². The molecule has 5 nitrogen and oxygen atoms in total. The van der Waals surface area contributed by atoms with E-state index in [1.54, 1.807) is 0 Å². The van der Waals surface area contributed by atoms with Crippen molar-refractivity contribution in [3.63, 3.8) is 0 Å². The smallest absolute Gasteiger partial charge is 0.146 e. The topological polar surface area (TPSA) is 36.7 Å². The fourth-order valence-corrected chi connectivity index (χ4v) is 6.99. The van der Waals surface area contributed by atoms with E-state index in [1.165, 1.54) is 28.3 Å². The van der Waals surface area contributed by atoms with E-state index in [-0.39, 0.29) is 5.41 Å². The van der Waals surface area contributed by atoms with Gasteiger partial charge in [-0.2, -0.15) is 0 Å². The van der Waals surface area contributed by atoms with Crippen molar-refractivity contribution in [3.8, 4) is 0 Å². The molecule has 1 aliphatic heterocycles. The van der Waals surface area contributed by atoms with Crippen LogP contribution in [0.15, 0.2) is 140 Å². The summed E-state index contributed by atoms with van der Waals surface area (Å²) >= 11 is 0. The highest BCUT2D eigenvalue weighted by Crippen LogP contribution is 2.45. The molecule has 8 aromatic rings. The van der Waals surface area contributed by atoms with Gasteiger partial charge in [0.15, 0.2) is 0 Å². The Labute approximate surface area is 261 Å². The lowest BCUT2D eigenvalue weighted by Crippen LogP contribution is -2.25. The van der Waals surface area contributed by atoms with Crippen LogP contribution in [-0.4, -0.2) is 21.0 Å². The first kappa shape index (κ1) is 25.8. The summed E-state index contributed by atoms with van der Waals surface area (Å²) in [5.74, 6) is 0. The third-order valence-electron chi connectivity index (χ3n) is 9.43. The van der Waals surface area contributed by atoms with Gasteiger partial charge < -0.3 is 9.80 Å². The Kier molecular flexibility index (Phi) is 5.54. The molecule has 0 saturated heterocycles. The van der Waals surface area contributed by atoms with Crippen LogP contribution in [-0.2, 0) is 5.41 Å². The molecule has 216 valence electrons. The van der Waals surface area contributed by atoms with Gasteiger partial charge in [-0.3, -0.25) is 4.40 Å². The number of pyridine rings is 2. The summed E-state index contributed by atoms with van der Waals surface area (Å²) < 4.78 is 2.26. The zero-order chi connectivity index (χ0) is 30.1. The van der Waals surface area contributed by atoms with E-state index in [0.717, 1.165) is 50.8 Å². The van der Waals surface area contributed by atoms with Crippen molar-refractivity contribution in [1.82, 2.24) is 14.4 Å². The number of benzene rings is 5. The fraction of sp³-hybridized carbons (Fsp3) is 0.100. The molecule has 0 N–H and O–H groups in total. The maximum absolute atomic E-state index is 5.43. The number of nitrogens with zero attached hydrogens (tertiary/aromatic N) is 5. The summed E-state index contributed by atoms with van der Waals surface area (Å²) in [4.78, 5) is 15.2. The van der Waals surface area contributed by atoms with Crippen LogP contribution >= 0.6 is 0 Å². The number of anilines is 4. The quantitative estimate of drug-likeness (QED) is 0.194. The predicted molar refractivity (Wildman–Crippen MR) is 186 cm³/mol. The Balaban J connectivity index is 1.17. The maximum Gasteiger partial charge on any atom is 0.146 e. The molecule has 0 bridgehead atoms. The average molecular weight is 582 g/mol. The molecule has 1 aliphatic rings. The molecule has 9 rings (SSSR count). The number of hydrogen-bond donors (Lipinski definition) is 0. The highest BCUT2D eigenvalue weighted by atomic mass is 15.4. The zero-order valence-electron chi connectivity index (χ0n) is 25.2. The minimum Gasteiger partial charge on any atom is -0.321 e. The molecule has 0 radical (unpaired) electrons. The van der Waals surface area contributed by atoms with Crippen LogP contribution in [0.5, 0.6) is 0 Å². The van der Waals surface area contributed by atoms with Crippen molar-refractivity contribution in [1.29, 1.82) is 0 Å². The Hall–Kier alpha value is -5.68. The third-order valence-corrected chi connectivity index (χ3v) is 9.43. The zero-order valence-corrected chi connectivity index (χ0v) is 25.2. The second-order valence-electron chi connectivity index (χ2n) is 12.4. The van der Waals surface area contributed by atoms with Gasteiger partial charge in [0.25, 0.3) is 0 Å². The lowest BCUT2D eigenvalue weighted by molar-refractivity contribution is 0.620. The number of aromatic nitrogens is 3.